The van der Waals surface area contributed by atoms with Crippen LogP contribution in [-0.2, 0) is 0 Å². The molecule has 0 saturated carbocycles. The smallest absolute Gasteiger partial charge is 0.343 e. The Morgan fingerprint density at radius 3 is 1.40 bits per heavy atom. The van der Waals surface area contributed by atoms with Crippen molar-refractivity contribution in [3.63, 3.8) is 0 Å². The topological polar surface area (TPSA) is 169 Å². The molecule has 0 aromatic carbocycles. The van der Waals surface area contributed by atoms with Crippen LogP contribution >= 0.6 is 0 Å². The third-order valence-electron chi connectivity index (χ3n) is 0.262. The summed E-state index contributed by atoms with van der Waals surface area (Å²) in [6.45, 7) is 0. The molecule has 0 aromatic rings. The fraction of sp³-hybridized carbons (Fsp3) is 0. The Hall–Kier alpha value is -1.54. The van der Waals surface area contributed by atoms with Gasteiger partial charge in [0.1, 0.15) is 0 Å². The van der Waals surface area contributed by atoms with Crippen molar-refractivity contribution in [2.24, 2.45) is 23.2 Å². The predicted molar refractivity (Wildman–Crippen MR) is 36.1 cm³/mol. The Morgan fingerprint density at radius 1 is 1.20 bits per heavy atom. The lowest BCUT2D eigenvalue weighted by Gasteiger charge is -1.90. The van der Waals surface area contributed by atoms with Crippen LogP contribution in [0.1, 0.15) is 0 Å². The molecule has 0 aliphatic heterocycles. The quantitative estimate of drug-likeness (QED) is 0.0633. The molecule has 0 radical (unpaired) electrons. The van der Waals surface area contributed by atoms with Crippen LogP contribution in [0.2, 0.25) is 0 Å². The monoisotopic (exact) mass is 149 g/mol. The maximum Gasteiger partial charge on any atom is 0.343 e. The van der Waals surface area contributed by atoms with E-state index < -0.39 is 6.03 Å². The van der Waals surface area contributed by atoms with Crippen molar-refractivity contribution in [2.75, 3.05) is 0 Å². The normalized spacial score (nSPS) is 6.60. The van der Waals surface area contributed by atoms with E-state index in [1.165, 1.54) is 0 Å². The van der Waals surface area contributed by atoms with Gasteiger partial charge in [0.15, 0.2) is 5.96 Å². The SMILES string of the molecule is N=C(N)N.NNC(=O)NN. The molecule has 0 atom stereocenters. The second kappa shape index (κ2) is 7.46. The molecule has 0 saturated heterocycles. The molecule has 0 rings (SSSR count). The van der Waals surface area contributed by atoms with Crippen molar-refractivity contribution in [3.8, 4) is 0 Å². The van der Waals surface area contributed by atoms with Crippen LogP contribution < -0.4 is 34.0 Å². The van der Waals surface area contributed by atoms with Gasteiger partial charge >= 0.3 is 6.03 Å². The fourth-order valence-electron chi connectivity index (χ4n) is 0.0417. The van der Waals surface area contributed by atoms with Gasteiger partial charge in [0, 0.05) is 0 Å². The van der Waals surface area contributed by atoms with E-state index in [2.05, 4.69) is 23.2 Å². The van der Waals surface area contributed by atoms with E-state index in [1.54, 1.807) is 10.9 Å². The summed E-state index contributed by atoms with van der Waals surface area (Å²) in [5.41, 5.74) is 12.4. The Labute approximate surface area is 57.4 Å². The molecule has 0 unspecified atom stereocenters. The van der Waals surface area contributed by atoms with Gasteiger partial charge < -0.3 is 11.5 Å². The van der Waals surface area contributed by atoms with Gasteiger partial charge in [-0.3, -0.25) is 16.3 Å². The molecule has 8 heteroatoms. The minimum Gasteiger partial charge on any atom is -0.370 e. The highest BCUT2D eigenvalue weighted by Gasteiger charge is 1.82. The molecule has 0 aliphatic rings. The number of nitrogens with two attached hydrogens (primary N) is 4. The standard InChI is InChI=1S/CH6N4O.CH5N3/c2-4-1(6)5-3;2-1(3)4/h2-3H2,(H2,4,5,6);(H5,2,3,4). The van der Waals surface area contributed by atoms with E-state index in [1.807, 2.05) is 0 Å². The molecule has 11 N–H and O–H groups in total. The van der Waals surface area contributed by atoms with Crippen molar-refractivity contribution < 1.29 is 4.79 Å². The molecule has 0 aromatic heterocycles. The minimum absolute atomic E-state index is 0.333. The molecule has 0 spiro atoms. The Morgan fingerprint density at radius 2 is 1.40 bits per heavy atom. The lowest BCUT2D eigenvalue weighted by atomic mass is 11.1. The minimum atomic E-state index is -0.602. The van der Waals surface area contributed by atoms with Crippen LogP contribution in [0, 0.1) is 5.41 Å². The number of rotatable bonds is 0. The van der Waals surface area contributed by atoms with Crippen LogP contribution in [0.15, 0.2) is 0 Å². The number of urea groups is 1. The van der Waals surface area contributed by atoms with Crippen LogP contribution in [0.4, 0.5) is 4.79 Å². The first-order valence-corrected chi connectivity index (χ1v) is 2.11. The number of hydrazine groups is 2. The van der Waals surface area contributed by atoms with E-state index in [9.17, 15) is 4.79 Å². The van der Waals surface area contributed by atoms with E-state index in [-0.39, 0.29) is 5.96 Å². The highest BCUT2D eigenvalue weighted by atomic mass is 16.2. The largest absolute Gasteiger partial charge is 0.370 e. The second-order valence-corrected chi connectivity index (χ2v) is 1.07. The highest BCUT2D eigenvalue weighted by molar-refractivity contribution is 5.72. The van der Waals surface area contributed by atoms with Crippen LogP contribution in [-0.4, -0.2) is 12.0 Å². The second-order valence-electron chi connectivity index (χ2n) is 1.07. The summed E-state index contributed by atoms with van der Waals surface area (Å²) < 4.78 is 0. The van der Waals surface area contributed by atoms with Gasteiger partial charge in [-0.15, -0.1) is 0 Å². The zero-order valence-corrected chi connectivity index (χ0v) is 5.22. The molecule has 60 valence electrons. The average molecular weight is 149 g/mol. The van der Waals surface area contributed by atoms with Crippen molar-refractivity contribution >= 4 is 12.0 Å². The first kappa shape index (κ1) is 11.3. The average Bonchev–Trinajstić information content (AvgIpc) is 1.85. The molecule has 2 amide bonds. The zero-order chi connectivity index (χ0) is 8.57. The van der Waals surface area contributed by atoms with Crippen molar-refractivity contribution in [1.29, 1.82) is 5.41 Å². The summed E-state index contributed by atoms with van der Waals surface area (Å²) in [6.07, 6.45) is 0. The van der Waals surface area contributed by atoms with Crippen LogP contribution in [0.3, 0.4) is 0 Å². The summed E-state index contributed by atoms with van der Waals surface area (Å²) in [5, 5.41) is 6.06. The maximum atomic E-state index is 9.71. The lowest BCUT2D eigenvalue weighted by molar-refractivity contribution is 0.241. The van der Waals surface area contributed by atoms with E-state index in [4.69, 9.17) is 5.41 Å². The number of amides is 2. The number of carbonyl (C=O) groups excluding carboxylic acids is 1. The Balaban J connectivity index is 0. The van der Waals surface area contributed by atoms with Crippen LogP contribution in [0.5, 0.6) is 0 Å². The van der Waals surface area contributed by atoms with Gasteiger partial charge in [0.2, 0.25) is 0 Å². The van der Waals surface area contributed by atoms with E-state index in [0.29, 0.717) is 0 Å². The summed E-state index contributed by atoms with van der Waals surface area (Å²) >= 11 is 0. The summed E-state index contributed by atoms with van der Waals surface area (Å²) in [7, 11) is 0. The zero-order valence-electron chi connectivity index (χ0n) is 5.22. The van der Waals surface area contributed by atoms with E-state index >= 15 is 0 Å². The molecule has 0 fully saturated rings. The number of hydrogen-bond donors (Lipinski definition) is 7. The molecule has 0 heterocycles. The Bertz CT molecular complexity index is 100. The highest BCUT2D eigenvalue weighted by Crippen LogP contribution is 1.42. The lowest BCUT2D eigenvalue weighted by Crippen LogP contribution is -2.43. The van der Waals surface area contributed by atoms with E-state index in [0.717, 1.165) is 0 Å². The third kappa shape index (κ3) is 31.8. The van der Waals surface area contributed by atoms with Crippen molar-refractivity contribution in [3.05, 3.63) is 0 Å². The number of nitrogens with one attached hydrogen (secondary N) is 3. The molecular weight excluding hydrogens is 138 g/mol. The number of carbonyl (C=O) groups is 1. The summed E-state index contributed by atoms with van der Waals surface area (Å²) in [5.74, 6) is 8.75. The first-order valence-electron chi connectivity index (χ1n) is 2.11. The Kier molecular flexibility index (Phi) is 8.42. The van der Waals surface area contributed by atoms with Gasteiger partial charge in [-0.1, -0.05) is 0 Å². The van der Waals surface area contributed by atoms with Gasteiger partial charge in [0.05, 0.1) is 0 Å². The number of guanidine groups is 1. The molecule has 10 heavy (non-hydrogen) atoms. The molecular formula is C2H11N7O. The maximum absolute atomic E-state index is 9.71. The van der Waals surface area contributed by atoms with Gasteiger partial charge in [-0.2, -0.15) is 0 Å². The van der Waals surface area contributed by atoms with Gasteiger partial charge in [0.25, 0.3) is 0 Å². The van der Waals surface area contributed by atoms with Crippen molar-refractivity contribution in [2.45, 2.75) is 0 Å². The number of hydrogen-bond acceptors (Lipinski definition) is 4. The van der Waals surface area contributed by atoms with Crippen LogP contribution in [0.25, 0.3) is 0 Å². The molecule has 0 aliphatic carbocycles. The third-order valence-corrected chi connectivity index (χ3v) is 0.262. The predicted octanol–water partition coefficient (Wildman–Crippen LogP) is -3.13. The van der Waals surface area contributed by atoms with Crippen molar-refractivity contribution in [1.82, 2.24) is 10.9 Å². The van der Waals surface area contributed by atoms with Gasteiger partial charge in [-0.25, -0.2) is 16.5 Å². The molecule has 0 bridgehead atoms. The molecule has 8 nitrogen and oxygen atoms in total. The van der Waals surface area contributed by atoms with Gasteiger partial charge in [-0.05, 0) is 0 Å². The summed E-state index contributed by atoms with van der Waals surface area (Å²) in [4.78, 5) is 9.71. The first-order chi connectivity index (χ1) is 4.54. The summed E-state index contributed by atoms with van der Waals surface area (Å²) in [6, 6.07) is -0.602. The fourth-order valence-corrected chi connectivity index (χ4v) is 0.0417.